The lowest BCUT2D eigenvalue weighted by atomic mass is 10.1. The minimum absolute atomic E-state index is 0.416. The highest BCUT2D eigenvalue weighted by molar-refractivity contribution is 5.37. The van der Waals surface area contributed by atoms with Crippen molar-refractivity contribution < 1.29 is 4.74 Å². The van der Waals surface area contributed by atoms with Crippen molar-refractivity contribution in [2.24, 2.45) is 5.92 Å². The van der Waals surface area contributed by atoms with Crippen LogP contribution in [0.5, 0.6) is 5.75 Å². The van der Waals surface area contributed by atoms with Crippen LogP contribution in [0.1, 0.15) is 63.5 Å². The van der Waals surface area contributed by atoms with Crippen molar-refractivity contribution in [1.82, 2.24) is 5.32 Å². The van der Waals surface area contributed by atoms with Gasteiger partial charge in [-0.1, -0.05) is 44.4 Å². The highest BCUT2D eigenvalue weighted by atomic mass is 16.5. The molecule has 0 spiro atoms. The Labute approximate surface area is 130 Å². The molecule has 1 saturated carbocycles. The first-order valence-electron chi connectivity index (χ1n) is 8.62. The summed E-state index contributed by atoms with van der Waals surface area (Å²) in [6.07, 6.45) is 8.22. The van der Waals surface area contributed by atoms with Gasteiger partial charge in [0.05, 0.1) is 6.10 Å². The Hall–Kier alpha value is -1.02. The molecular weight excluding hydrogens is 258 g/mol. The van der Waals surface area contributed by atoms with E-state index in [4.69, 9.17) is 4.74 Å². The van der Waals surface area contributed by atoms with E-state index in [0.29, 0.717) is 12.0 Å². The normalized spacial score (nSPS) is 17.0. The molecule has 0 amide bonds. The molecule has 0 saturated heterocycles. The van der Waals surface area contributed by atoms with Gasteiger partial charge in [0.1, 0.15) is 5.75 Å². The molecule has 2 heteroatoms. The molecule has 118 valence electrons. The van der Waals surface area contributed by atoms with Crippen molar-refractivity contribution in [3.8, 4) is 5.75 Å². The Bertz CT molecular complexity index is 420. The van der Waals surface area contributed by atoms with Gasteiger partial charge in [0.15, 0.2) is 0 Å². The zero-order chi connectivity index (χ0) is 15.1. The third kappa shape index (κ3) is 5.70. The third-order valence-electron chi connectivity index (χ3n) is 4.18. The highest BCUT2D eigenvalue weighted by Crippen LogP contribution is 2.26. The van der Waals surface area contributed by atoms with Crippen LogP contribution >= 0.6 is 0 Å². The summed E-state index contributed by atoms with van der Waals surface area (Å²) in [6, 6.07) is 6.59. The summed E-state index contributed by atoms with van der Waals surface area (Å²) < 4.78 is 6.34. The van der Waals surface area contributed by atoms with E-state index in [1.54, 1.807) is 0 Å². The fourth-order valence-electron chi connectivity index (χ4n) is 3.00. The lowest BCUT2D eigenvalue weighted by Crippen LogP contribution is -2.21. The van der Waals surface area contributed by atoms with Crippen molar-refractivity contribution in [2.75, 3.05) is 6.54 Å². The summed E-state index contributed by atoms with van der Waals surface area (Å²) in [5.74, 6) is 1.77. The zero-order valence-electron chi connectivity index (χ0n) is 14.0. The van der Waals surface area contributed by atoms with Crippen LogP contribution in [0.15, 0.2) is 18.2 Å². The smallest absolute Gasteiger partial charge is 0.124 e. The lowest BCUT2D eigenvalue weighted by molar-refractivity contribution is 0.181. The van der Waals surface area contributed by atoms with Crippen molar-refractivity contribution in [2.45, 2.75) is 71.9 Å². The second-order valence-electron chi connectivity index (χ2n) is 6.87. The standard InChI is InChI=1S/C19H31NO/c1-15(2)13-20-14-17-12-16(3)10-11-19(17)21-18-8-6-4-5-7-9-18/h10-12,15,18,20H,4-9,13-14H2,1-3H3. The number of ether oxygens (including phenoxy) is 1. The summed E-state index contributed by atoms with van der Waals surface area (Å²) >= 11 is 0. The molecule has 0 aliphatic heterocycles. The number of hydrogen-bond acceptors (Lipinski definition) is 2. The number of rotatable bonds is 6. The van der Waals surface area contributed by atoms with Gasteiger partial charge in [-0.2, -0.15) is 0 Å². The zero-order valence-corrected chi connectivity index (χ0v) is 14.0. The Morgan fingerprint density at radius 1 is 1.14 bits per heavy atom. The van der Waals surface area contributed by atoms with Crippen molar-refractivity contribution in [1.29, 1.82) is 0 Å². The Morgan fingerprint density at radius 2 is 1.86 bits per heavy atom. The summed E-state index contributed by atoms with van der Waals surface area (Å²) in [5, 5.41) is 3.54. The molecule has 0 bridgehead atoms. The molecule has 0 unspecified atom stereocenters. The summed E-state index contributed by atoms with van der Waals surface area (Å²) in [6.45, 7) is 8.60. The van der Waals surface area contributed by atoms with E-state index in [2.05, 4.69) is 44.3 Å². The van der Waals surface area contributed by atoms with E-state index in [-0.39, 0.29) is 0 Å². The van der Waals surface area contributed by atoms with Crippen molar-refractivity contribution >= 4 is 0 Å². The van der Waals surface area contributed by atoms with Gasteiger partial charge in [0.25, 0.3) is 0 Å². The van der Waals surface area contributed by atoms with Crippen LogP contribution < -0.4 is 10.1 Å². The molecule has 1 aliphatic carbocycles. The van der Waals surface area contributed by atoms with Crippen LogP contribution in [-0.4, -0.2) is 12.6 Å². The highest BCUT2D eigenvalue weighted by Gasteiger charge is 2.15. The van der Waals surface area contributed by atoms with Gasteiger partial charge in [-0.15, -0.1) is 0 Å². The van der Waals surface area contributed by atoms with E-state index in [1.807, 2.05) is 0 Å². The molecular formula is C19H31NO. The van der Waals surface area contributed by atoms with Crippen molar-refractivity contribution in [3.63, 3.8) is 0 Å². The molecule has 0 aromatic heterocycles. The first-order chi connectivity index (χ1) is 10.1. The predicted molar refractivity (Wildman–Crippen MR) is 89.8 cm³/mol. The van der Waals surface area contributed by atoms with E-state index >= 15 is 0 Å². The number of benzene rings is 1. The van der Waals surface area contributed by atoms with Gasteiger partial charge in [-0.25, -0.2) is 0 Å². The second kappa shape index (κ2) is 8.43. The summed E-state index contributed by atoms with van der Waals surface area (Å²) in [7, 11) is 0. The Kier molecular flexibility index (Phi) is 6.56. The van der Waals surface area contributed by atoms with E-state index < -0.39 is 0 Å². The summed E-state index contributed by atoms with van der Waals surface area (Å²) in [4.78, 5) is 0. The van der Waals surface area contributed by atoms with Gasteiger partial charge in [0, 0.05) is 12.1 Å². The van der Waals surface area contributed by atoms with E-state index in [9.17, 15) is 0 Å². The number of aryl methyl sites for hydroxylation is 1. The molecule has 1 N–H and O–H groups in total. The predicted octanol–water partition coefficient (Wildman–Crippen LogP) is 4.84. The SMILES string of the molecule is Cc1ccc(OC2CCCCCC2)c(CNCC(C)C)c1. The van der Waals surface area contributed by atoms with E-state index in [1.165, 1.54) is 49.7 Å². The van der Waals surface area contributed by atoms with Crippen LogP contribution in [0.4, 0.5) is 0 Å². The first kappa shape index (κ1) is 16.4. The van der Waals surface area contributed by atoms with Gasteiger partial charge < -0.3 is 10.1 Å². The molecule has 0 heterocycles. The molecule has 1 aromatic rings. The quantitative estimate of drug-likeness (QED) is 0.756. The lowest BCUT2D eigenvalue weighted by Gasteiger charge is -2.20. The second-order valence-corrected chi connectivity index (χ2v) is 6.87. The number of nitrogens with one attached hydrogen (secondary N) is 1. The largest absolute Gasteiger partial charge is 0.490 e. The van der Waals surface area contributed by atoms with Crippen LogP contribution in [0.3, 0.4) is 0 Å². The van der Waals surface area contributed by atoms with Gasteiger partial charge in [0.2, 0.25) is 0 Å². The van der Waals surface area contributed by atoms with E-state index in [0.717, 1.165) is 18.8 Å². The topological polar surface area (TPSA) is 21.3 Å². The maximum atomic E-state index is 6.34. The Morgan fingerprint density at radius 3 is 2.52 bits per heavy atom. The van der Waals surface area contributed by atoms with Gasteiger partial charge in [-0.05, 0) is 51.1 Å². The van der Waals surface area contributed by atoms with Gasteiger partial charge >= 0.3 is 0 Å². The Balaban J connectivity index is 1.99. The van der Waals surface area contributed by atoms with Crippen LogP contribution in [0, 0.1) is 12.8 Å². The molecule has 2 rings (SSSR count). The van der Waals surface area contributed by atoms with Gasteiger partial charge in [-0.3, -0.25) is 0 Å². The van der Waals surface area contributed by atoms with Crippen LogP contribution in [0.25, 0.3) is 0 Å². The molecule has 0 atom stereocenters. The van der Waals surface area contributed by atoms with Crippen LogP contribution in [0.2, 0.25) is 0 Å². The minimum atomic E-state index is 0.416. The monoisotopic (exact) mass is 289 g/mol. The molecule has 1 fully saturated rings. The molecule has 1 aliphatic rings. The van der Waals surface area contributed by atoms with Crippen LogP contribution in [-0.2, 0) is 6.54 Å². The first-order valence-corrected chi connectivity index (χ1v) is 8.62. The molecule has 21 heavy (non-hydrogen) atoms. The molecule has 2 nitrogen and oxygen atoms in total. The minimum Gasteiger partial charge on any atom is -0.490 e. The maximum Gasteiger partial charge on any atom is 0.124 e. The fourth-order valence-corrected chi connectivity index (χ4v) is 3.00. The number of hydrogen-bond donors (Lipinski definition) is 1. The summed E-state index contributed by atoms with van der Waals surface area (Å²) in [5.41, 5.74) is 2.62. The molecule has 0 radical (unpaired) electrons. The molecule has 1 aromatic carbocycles. The average Bonchev–Trinajstić information content (AvgIpc) is 2.70. The average molecular weight is 289 g/mol. The maximum absolute atomic E-state index is 6.34. The third-order valence-corrected chi connectivity index (χ3v) is 4.18. The van der Waals surface area contributed by atoms with Crippen molar-refractivity contribution in [3.05, 3.63) is 29.3 Å². The fraction of sp³-hybridized carbons (Fsp3) is 0.684.